The fourth-order valence-corrected chi connectivity index (χ4v) is 0.939. The zero-order chi connectivity index (χ0) is 8.97. The molecule has 1 aromatic carbocycles. The lowest BCUT2D eigenvalue weighted by atomic mass is 10.2. The van der Waals surface area contributed by atoms with Crippen molar-refractivity contribution in [1.29, 1.82) is 0 Å². The molecule has 62 valence electrons. The molecule has 3 nitrogen and oxygen atoms in total. The van der Waals surface area contributed by atoms with Crippen LogP contribution in [0.2, 0.25) is 0 Å². The highest BCUT2D eigenvalue weighted by Gasteiger charge is 1.98. The Hall–Kier alpha value is -1.64. The molecule has 0 unspecified atom stereocenters. The summed E-state index contributed by atoms with van der Waals surface area (Å²) in [5, 5.41) is 3.00. The lowest BCUT2D eigenvalue weighted by Gasteiger charge is -2.02. The minimum absolute atomic E-state index is 0.747. The molecule has 12 heavy (non-hydrogen) atoms. The zero-order valence-electron chi connectivity index (χ0n) is 7.04. The van der Waals surface area contributed by atoms with Crippen LogP contribution in [0.3, 0.4) is 0 Å². The van der Waals surface area contributed by atoms with Gasteiger partial charge in [-0.1, -0.05) is 0 Å². The van der Waals surface area contributed by atoms with Gasteiger partial charge in [0.1, 0.15) is 0 Å². The lowest BCUT2D eigenvalue weighted by Crippen LogP contribution is -1.85. The first kappa shape index (κ1) is 8.46. The maximum Gasteiger partial charge on any atom is 0.0899 e. The van der Waals surface area contributed by atoms with Crippen molar-refractivity contribution in [2.75, 3.05) is 12.4 Å². The van der Waals surface area contributed by atoms with Crippen LogP contribution < -0.4 is 5.32 Å². The molecule has 0 amide bonds. The Labute approximate surface area is 71.9 Å². The summed E-state index contributed by atoms with van der Waals surface area (Å²) in [7, 11) is 1.85. The van der Waals surface area contributed by atoms with Crippen LogP contribution >= 0.6 is 0 Å². The molecule has 0 bridgehead atoms. The highest BCUT2D eigenvalue weighted by molar-refractivity contribution is 5.71. The summed E-state index contributed by atoms with van der Waals surface area (Å²) in [6.45, 7) is 6.89. The summed E-state index contributed by atoms with van der Waals surface area (Å²) in [5.41, 5.74) is 2.49. The van der Waals surface area contributed by atoms with Crippen molar-refractivity contribution in [1.82, 2.24) is 0 Å². The molecule has 1 N–H and O–H groups in total. The predicted molar refractivity (Wildman–Crippen MR) is 54.4 cm³/mol. The Bertz CT molecular complexity index is 305. The Balaban J connectivity index is 3.18. The van der Waals surface area contributed by atoms with Crippen LogP contribution in [0.15, 0.2) is 28.2 Å². The highest BCUT2D eigenvalue weighted by atomic mass is 14.8. The lowest BCUT2D eigenvalue weighted by molar-refractivity contribution is 1.44. The molecule has 0 spiro atoms. The van der Waals surface area contributed by atoms with Gasteiger partial charge in [-0.25, -0.2) is 0 Å². The first-order valence-electron chi connectivity index (χ1n) is 3.57. The molecule has 0 aliphatic rings. The Morgan fingerprint density at radius 3 is 2.33 bits per heavy atom. The van der Waals surface area contributed by atoms with Crippen molar-refractivity contribution >= 4 is 30.5 Å². The molecule has 1 aromatic rings. The quantitative estimate of drug-likeness (QED) is 0.679. The van der Waals surface area contributed by atoms with E-state index in [1.807, 2.05) is 25.2 Å². The number of nitrogens with one attached hydrogen (secondary N) is 1. The van der Waals surface area contributed by atoms with E-state index in [0.717, 1.165) is 17.1 Å². The first-order chi connectivity index (χ1) is 5.81. The van der Waals surface area contributed by atoms with Gasteiger partial charge in [-0.2, -0.15) is 0 Å². The van der Waals surface area contributed by atoms with Gasteiger partial charge in [-0.05, 0) is 31.6 Å². The number of hydrogen-bond donors (Lipinski definition) is 1. The molecule has 0 aliphatic carbocycles. The van der Waals surface area contributed by atoms with Gasteiger partial charge in [-0.15, -0.1) is 0 Å². The first-order valence-corrected chi connectivity index (χ1v) is 3.57. The van der Waals surface area contributed by atoms with Crippen molar-refractivity contribution in [2.45, 2.75) is 0 Å². The third-order valence-corrected chi connectivity index (χ3v) is 1.60. The molecule has 0 aromatic heterocycles. The van der Waals surface area contributed by atoms with E-state index >= 15 is 0 Å². The van der Waals surface area contributed by atoms with Gasteiger partial charge in [0.2, 0.25) is 0 Å². The van der Waals surface area contributed by atoms with E-state index in [1.54, 1.807) is 0 Å². The number of nitrogens with zero attached hydrogens (tertiary/aromatic N) is 2. The van der Waals surface area contributed by atoms with Gasteiger partial charge < -0.3 is 5.32 Å². The topological polar surface area (TPSA) is 36.8 Å². The van der Waals surface area contributed by atoms with Crippen LogP contribution in [0.5, 0.6) is 0 Å². The van der Waals surface area contributed by atoms with Crippen LogP contribution in [0.4, 0.5) is 17.1 Å². The predicted octanol–water partition coefficient (Wildman–Crippen LogP) is 2.39. The molecule has 0 saturated carbocycles. The second-order valence-corrected chi connectivity index (χ2v) is 2.27. The van der Waals surface area contributed by atoms with Crippen molar-refractivity contribution in [3.8, 4) is 0 Å². The fourth-order valence-electron chi connectivity index (χ4n) is 0.939. The third-order valence-electron chi connectivity index (χ3n) is 1.60. The second kappa shape index (κ2) is 3.67. The smallest absolute Gasteiger partial charge is 0.0899 e. The van der Waals surface area contributed by atoms with Crippen molar-refractivity contribution < 1.29 is 0 Å². The van der Waals surface area contributed by atoms with Crippen LogP contribution in [0, 0.1) is 0 Å². The molecular formula is C9H11N3. The monoisotopic (exact) mass is 161 g/mol. The van der Waals surface area contributed by atoms with Crippen LogP contribution in [-0.2, 0) is 0 Å². The number of benzene rings is 1. The van der Waals surface area contributed by atoms with Gasteiger partial charge in [0, 0.05) is 12.7 Å². The average molecular weight is 161 g/mol. The van der Waals surface area contributed by atoms with Crippen molar-refractivity contribution in [3.05, 3.63) is 18.2 Å². The summed E-state index contributed by atoms with van der Waals surface area (Å²) < 4.78 is 0. The summed E-state index contributed by atoms with van der Waals surface area (Å²) in [4.78, 5) is 7.63. The van der Waals surface area contributed by atoms with E-state index in [9.17, 15) is 0 Å². The average Bonchev–Trinajstić information content (AvgIpc) is 2.16. The Morgan fingerprint density at radius 2 is 1.83 bits per heavy atom. The third kappa shape index (κ3) is 1.50. The highest BCUT2D eigenvalue weighted by Crippen LogP contribution is 2.29. The minimum atomic E-state index is 0.747. The van der Waals surface area contributed by atoms with E-state index in [0.29, 0.717) is 0 Å². The van der Waals surface area contributed by atoms with Gasteiger partial charge >= 0.3 is 0 Å². The van der Waals surface area contributed by atoms with Crippen LogP contribution in [0.25, 0.3) is 0 Å². The Kier molecular flexibility index (Phi) is 2.58. The van der Waals surface area contributed by atoms with Crippen molar-refractivity contribution in [2.24, 2.45) is 9.98 Å². The fraction of sp³-hybridized carbons (Fsp3) is 0.111. The molecule has 1 rings (SSSR count). The van der Waals surface area contributed by atoms with E-state index in [2.05, 4.69) is 28.7 Å². The minimum Gasteiger partial charge on any atom is -0.388 e. The van der Waals surface area contributed by atoms with Crippen LogP contribution in [-0.4, -0.2) is 20.5 Å². The number of hydrogen-bond acceptors (Lipinski definition) is 3. The summed E-state index contributed by atoms with van der Waals surface area (Å²) in [6.07, 6.45) is 0. The molecule has 0 atom stereocenters. The largest absolute Gasteiger partial charge is 0.388 e. The van der Waals surface area contributed by atoms with E-state index < -0.39 is 0 Å². The Morgan fingerprint density at radius 1 is 1.17 bits per heavy atom. The van der Waals surface area contributed by atoms with Gasteiger partial charge in [0.25, 0.3) is 0 Å². The maximum atomic E-state index is 3.83. The van der Waals surface area contributed by atoms with Gasteiger partial charge in [0.05, 0.1) is 11.4 Å². The van der Waals surface area contributed by atoms with Gasteiger partial charge in [0.15, 0.2) is 0 Å². The van der Waals surface area contributed by atoms with Gasteiger partial charge in [-0.3, -0.25) is 9.98 Å². The molecular weight excluding hydrogens is 150 g/mol. The molecule has 0 radical (unpaired) electrons. The standard InChI is InChI=1S/C9H11N3/c1-10-7-4-5-8(11-2)9(6-7)12-3/h4-6,10H,2-3H2,1H3. The molecule has 3 heteroatoms. The summed E-state index contributed by atoms with van der Waals surface area (Å²) in [6, 6.07) is 5.64. The number of rotatable bonds is 3. The van der Waals surface area contributed by atoms with Crippen LogP contribution in [0.1, 0.15) is 0 Å². The zero-order valence-corrected chi connectivity index (χ0v) is 7.04. The molecule has 0 aliphatic heterocycles. The number of aliphatic imine (C=N–C) groups is 2. The van der Waals surface area contributed by atoms with E-state index in [-0.39, 0.29) is 0 Å². The van der Waals surface area contributed by atoms with Crippen molar-refractivity contribution in [3.63, 3.8) is 0 Å². The maximum absolute atomic E-state index is 3.83. The normalized spacial score (nSPS) is 9.08. The molecule has 0 fully saturated rings. The second-order valence-electron chi connectivity index (χ2n) is 2.27. The van der Waals surface area contributed by atoms with E-state index in [1.165, 1.54) is 0 Å². The number of anilines is 1. The summed E-state index contributed by atoms with van der Waals surface area (Å²) in [5.74, 6) is 0. The SMILES string of the molecule is C=Nc1ccc(NC)cc1N=C. The summed E-state index contributed by atoms with van der Waals surface area (Å²) >= 11 is 0. The molecule has 0 saturated heterocycles. The molecule has 0 heterocycles. The van der Waals surface area contributed by atoms with E-state index in [4.69, 9.17) is 0 Å².